The molecule has 0 amide bonds. The lowest BCUT2D eigenvalue weighted by atomic mass is 9.96. The van der Waals surface area contributed by atoms with E-state index in [4.69, 9.17) is 4.74 Å². The molecule has 1 aromatic rings. The molecule has 0 N–H and O–H groups in total. The molecule has 0 aromatic carbocycles. The Bertz CT molecular complexity index is 246. The number of thiazole rings is 1. The molecule has 60 valence electrons. The molecule has 4 heteroatoms. The average molecular weight is 234 g/mol. The van der Waals surface area contributed by atoms with Crippen LogP contribution >= 0.6 is 27.3 Å². The van der Waals surface area contributed by atoms with Crippen LogP contribution in [0.15, 0.2) is 9.98 Å². The fourth-order valence-corrected chi connectivity index (χ4v) is 2.08. The van der Waals surface area contributed by atoms with Crippen LogP contribution in [0.4, 0.5) is 0 Å². The van der Waals surface area contributed by atoms with Gasteiger partial charge in [0.25, 0.3) is 5.19 Å². The van der Waals surface area contributed by atoms with Crippen molar-refractivity contribution in [2.24, 2.45) is 0 Å². The number of nitrogens with zero attached hydrogens (tertiary/aromatic N) is 1. The zero-order chi connectivity index (χ0) is 7.68. The van der Waals surface area contributed by atoms with Crippen LogP contribution in [-0.2, 0) is 0 Å². The van der Waals surface area contributed by atoms with Crippen molar-refractivity contribution in [3.8, 4) is 5.19 Å². The van der Waals surface area contributed by atoms with Crippen LogP contribution < -0.4 is 4.74 Å². The Kier molecular flexibility index (Phi) is 2.13. The van der Waals surface area contributed by atoms with Gasteiger partial charge in [0.15, 0.2) is 0 Å². The van der Waals surface area contributed by atoms with Crippen LogP contribution in [0.1, 0.15) is 19.3 Å². The minimum absolute atomic E-state index is 0.438. The highest BCUT2D eigenvalue weighted by molar-refractivity contribution is 9.10. The molecule has 0 atom stereocenters. The van der Waals surface area contributed by atoms with Crippen molar-refractivity contribution < 1.29 is 4.74 Å². The van der Waals surface area contributed by atoms with Gasteiger partial charge in [-0.3, -0.25) is 0 Å². The summed E-state index contributed by atoms with van der Waals surface area (Å²) in [6.45, 7) is 0. The molecule has 0 bridgehead atoms. The Balaban J connectivity index is 1.95. The van der Waals surface area contributed by atoms with E-state index in [0.29, 0.717) is 6.10 Å². The van der Waals surface area contributed by atoms with E-state index in [-0.39, 0.29) is 0 Å². The molecule has 11 heavy (non-hydrogen) atoms. The largest absolute Gasteiger partial charge is 0.467 e. The number of aromatic nitrogens is 1. The minimum atomic E-state index is 0.438. The molecule has 1 heterocycles. The second kappa shape index (κ2) is 3.11. The summed E-state index contributed by atoms with van der Waals surface area (Å²) < 4.78 is 6.42. The highest BCUT2D eigenvalue weighted by atomic mass is 79.9. The van der Waals surface area contributed by atoms with Gasteiger partial charge in [-0.1, -0.05) is 11.3 Å². The van der Waals surface area contributed by atoms with Crippen LogP contribution in [0.3, 0.4) is 0 Å². The molecule has 0 spiro atoms. The summed E-state index contributed by atoms with van der Waals surface area (Å²) in [5, 5.41) is 2.73. The van der Waals surface area contributed by atoms with Gasteiger partial charge in [-0.05, 0) is 35.2 Å². The van der Waals surface area contributed by atoms with Crippen LogP contribution in [0.2, 0.25) is 0 Å². The van der Waals surface area contributed by atoms with Crippen molar-refractivity contribution in [1.29, 1.82) is 0 Å². The Labute approximate surface area is 77.7 Å². The van der Waals surface area contributed by atoms with Crippen LogP contribution in [0.25, 0.3) is 0 Å². The topological polar surface area (TPSA) is 22.1 Å². The number of hydrogen-bond donors (Lipinski definition) is 0. The molecule has 1 fully saturated rings. The molecule has 1 aliphatic rings. The minimum Gasteiger partial charge on any atom is -0.467 e. The molecular formula is C7H8BrNOS. The SMILES string of the molecule is Brc1csc(OC2CCC2)n1. The van der Waals surface area contributed by atoms with Gasteiger partial charge in [0, 0.05) is 5.38 Å². The van der Waals surface area contributed by atoms with Crippen LogP contribution in [-0.4, -0.2) is 11.1 Å². The normalized spacial score (nSPS) is 17.9. The molecule has 0 radical (unpaired) electrons. The molecule has 2 rings (SSSR count). The third-order valence-corrected chi connectivity index (χ3v) is 3.21. The molecule has 2 nitrogen and oxygen atoms in total. The van der Waals surface area contributed by atoms with Gasteiger partial charge in [-0.25, -0.2) is 0 Å². The first-order valence-electron chi connectivity index (χ1n) is 3.62. The predicted molar refractivity (Wildman–Crippen MR) is 48.1 cm³/mol. The maximum Gasteiger partial charge on any atom is 0.274 e. The number of halogens is 1. The zero-order valence-corrected chi connectivity index (χ0v) is 8.32. The summed E-state index contributed by atoms with van der Waals surface area (Å²) in [5.41, 5.74) is 0. The summed E-state index contributed by atoms with van der Waals surface area (Å²) in [6, 6.07) is 0. The van der Waals surface area contributed by atoms with E-state index < -0.39 is 0 Å². The van der Waals surface area contributed by atoms with E-state index in [1.807, 2.05) is 5.38 Å². The monoisotopic (exact) mass is 233 g/mol. The van der Waals surface area contributed by atoms with E-state index >= 15 is 0 Å². The fraction of sp³-hybridized carbons (Fsp3) is 0.571. The van der Waals surface area contributed by atoms with E-state index in [2.05, 4.69) is 20.9 Å². The first-order chi connectivity index (χ1) is 5.34. The van der Waals surface area contributed by atoms with Crippen molar-refractivity contribution in [3.63, 3.8) is 0 Å². The van der Waals surface area contributed by atoms with Gasteiger partial charge in [0.05, 0.1) is 0 Å². The average Bonchev–Trinajstić information content (AvgIpc) is 2.27. The standard InChI is InChI=1S/C7H8BrNOS/c8-6-4-11-7(9-6)10-5-2-1-3-5/h4-5H,1-3H2. The van der Waals surface area contributed by atoms with E-state index in [1.54, 1.807) is 11.3 Å². The lowest BCUT2D eigenvalue weighted by molar-refractivity contribution is 0.119. The van der Waals surface area contributed by atoms with Gasteiger partial charge in [-0.2, -0.15) is 4.98 Å². The smallest absolute Gasteiger partial charge is 0.274 e. The number of ether oxygens (including phenoxy) is 1. The van der Waals surface area contributed by atoms with Gasteiger partial charge in [0.2, 0.25) is 0 Å². The quantitative estimate of drug-likeness (QED) is 0.784. The first kappa shape index (κ1) is 7.55. The van der Waals surface area contributed by atoms with Crippen molar-refractivity contribution in [3.05, 3.63) is 9.98 Å². The van der Waals surface area contributed by atoms with E-state index in [9.17, 15) is 0 Å². The molecule has 0 unspecified atom stereocenters. The Morgan fingerprint density at radius 3 is 2.91 bits per heavy atom. The molecule has 1 aromatic heterocycles. The Morgan fingerprint density at radius 1 is 1.64 bits per heavy atom. The summed E-state index contributed by atoms with van der Waals surface area (Å²) in [6.07, 6.45) is 4.12. The van der Waals surface area contributed by atoms with E-state index in [1.165, 1.54) is 19.3 Å². The van der Waals surface area contributed by atoms with E-state index in [0.717, 1.165) is 9.80 Å². The fourth-order valence-electron chi connectivity index (χ4n) is 0.924. The highest BCUT2D eigenvalue weighted by Crippen LogP contribution is 2.28. The van der Waals surface area contributed by atoms with Crippen molar-refractivity contribution in [2.75, 3.05) is 0 Å². The zero-order valence-electron chi connectivity index (χ0n) is 5.92. The second-order valence-corrected chi connectivity index (χ2v) is 4.24. The van der Waals surface area contributed by atoms with Gasteiger partial charge in [-0.15, -0.1) is 0 Å². The number of rotatable bonds is 2. The van der Waals surface area contributed by atoms with Crippen LogP contribution in [0.5, 0.6) is 5.19 Å². The molecular weight excluding hydrogens is 226 g/mol. The summed E-state index contributed by atoms with van der Waals surface area (Å²) in [5.74, 6) is 0. The Hall–Kier alpha value is -0.0900. The van der Waals surface area contributed by atoms with Crippen molar-refractivity contribution >= 4 is 27.3 Å². The van der Waals surface area contributed by atoms with Crippen LogP contribution in [0, 0.1) is 0 Å². The predicted octanol–water partition coefficient (Wildman–Crippen LogP) is 2.84. The second-order valence-electron chi connectivity index (χ2n) is 2.61. The summed E-state index contributed by atoms with van der Waals surface area (Å²) in [7, 11) is 0. The van der Waals surface area contributed by atoms with Gasteiger partial charge >= 0.3 is 0 Å². The molecule has 0 saturated heterocycles. The maximum absolute atomic E-state index is 5.55. The van der Waals surface area contributed by atoms with Gasteiger partial charge < -0.3 is 4.74 Å². The van der Waals surface area contributed by atoms with Crippen molar-refractivity contribution in [2.45, 2.75) is 25.4 Å². The molecule has 0 aliphatic heterocycles. The third-order valence-electron chi connectivity index (χ3n) is 1.77. The first-order valence-corrected chi connectivity index (χ1v) is 5.29. The Morgan fingerprint density at radius 2 is 2.45 bits per heavy atom. The number of hydrogen-bond acceptors (Lipinski definition) is 3. The third kappa shape index (κ3) is 1.73. The van der Waals surface area contributed by atoms with Gasteiger partial charge in [0.1, 0.15) is 10.7 Å². The van der Waals surface area contributed by atoms with Crippen molar-refractivity contribution in [1.82, 2.24) is 4.98 Å². The molecule has 1 saturated carbocycles. The summed E-state index contributed by atoms with van der Waals surface area (Å²) >= 11 is 4.83. The maximum atomic E-state index is 5.55. The lowest BCUT2D eigenvalue weighted by Gasteiger charge is -2.24. The summed E-state index contributed by atoms with van der Waals surface area (Å²) in [4.78, 5) is 4.15. The lowest BCUT2D eigenvalue weighted by Crippen LogP contribution is -2.24. The highest BCUT2D eigenvalue weighted by Gasteiger charge is 2.20. The molecule has 1 aliphatic carbocycles.